The molecule has 0 saturated carbocycles. The first kappa shape index (κ1) is 11.9. The lowest BCUT2D eigenvalue weighted by Crippen LogP contribution is -2.19. The molecule has 0 N–H and O–H groups in total. The zero-order chi connectivity index (χ0) is 10.5. The van der Waals surface area contributed by atoms with E-state index in [1.54, 1.807) is 10.0 Å². The number of hydrogen-bond donors (Lipinski definition) is 0. The molecular formula is C9H20N4. The van der Waals surface area contributed by atoms with Crippen molar-refractivity contribution in [3.63, 3.8) is 0 Å². The van der Waals surface area contributed by atoms with Gasteiger partial charge in [0.1, 0.15) is 0 Å². The second kappa shape index (κ2) is 4.84. The van der Waals surface area contributed by atoms with E-state index >= 15 is 0 Å². The maximum atomic E-state index is 4.17. The Morgan fingerprint density at radius 1 is 0.846 bits per heavy atom. The molecule has 76 valence electrons. The molecule has 0 unspecified atom stereocenters. The van der Waals surface area contributed by atoms with Crippen molar-refractivity contribution in [2.45, 2.75) is 13.8 Å². The van der Waals surface area contributed by atoms with Crippen LogP contribution in [-0.2, 0) is 0 Å². The molecule has 0 aromatic heterocycles. The van der Waals surface area contributed by atoms with Crippen LogP contribution in [0.4, 0.5) is 0 Å². The van der Waals surface area contributed by atoms with Gasteiger partial charge in [-0.05, 0) is 13.8 Å². The molecule has 13 heavy (non-hydrogen) atoms. The van der Waals surface area contributed by atoms with Crippen LogP contribution < -0.4 is 0 Å². The molecule has 0 aliphatic carbocycles. The molecule has 0 fully saturated rings. The van der Waals surface area contributed by atoms with Crippen molar-refractivity contribution >= 4 is 12.4 Å². The number of hydrazone groups is 2. The zero-order valence-corrected chi connectivity index (χ0v) is 9.44. The molecule has 0 atom stereocenters. The molecule has 0 amide bonds. The Kier molecular flexibility index (Phi) is 4.45. The van der Waals surface area contributed by atoms with E-state index in [1.807, 2.05) is 40.6 Å². The Morgan fingerprint density at radius 3 is 1.38 bits per heavy atom. The smallest absolute Gasteiger partial charge is 0.0388 e. The third-order valence-electron chi connectivity index (χ3n) is 1.24. The summed E-state index contributed by atoms with van der Waals surface area (Å²) in [5.41, 5.74) is -0.103. The summed E-state index contributed by atoms with van der Waals surface area (Å²) in [4.78, 5) is 0. The summed E-state index contributed by atoms with van der Waals surface area (Å²) in [5.74, 6) is 0. The minimum Gasteiger partial charge on any atom is -0.303 e. The first-order valence-electron chi connectivity index (χ1n) is 4.28. The quantitative estimate of drug-likeness (QED) is 0.484. The van der Waals surface area contributed by atoms with Crippen molar-refractivity contribution in [2.24, 2.45) is 15.6 Å². The van der Waals surface area contributed by atoms with Crippen LogP contribution >= 0.6 is 0 Å². The van der Waals surface area contributed by atoms with Crippen LogP contribution in [0.15, 0.2) is 10.2 Å². The van der Waals surface area contributed by atoms with Crippen molar-refractivity contribution in [2.75, 3.05) is 28.2 Å². The monoisotopic (exact) mass is 184 g/mol. The molecule has 0 spiro atoms. The number of rotatable bonds is 4. The fourth-order valence-corrected chi connectivity index (χ4v) is 0.562. The Hall–Kier alpha value is -1.06. The summed E-state index contributed by atoms with van der Waals surface area (Å²) < 4.78 is 0. The van der Waals surface area contributed by atoms with Gasteiger partial charge >= 0.3 is 0 Å². The van der Waals surface area contributed by atoms with Gasteiger partial charge in [-0.25, -0.2) is 0 Å². The maximum Gasteiger partial charge on any atom is 0.0388 e. The van der Waals surface area contributed by atoms with Gasteiger partial charge < -0.3 is 10.0 Å². The Morgan fingerprint density at radius 2 is 1.15 bits per heavy atom. The topological polar surface area (TPSA) is 31.2 Å². The van der Waals surface area contributed by atoms with Gasteiger partial charge in [-0.3, -0.25) is 0 Å². The number of nitrogens with zero attached hydrogens (tertiary/aromatic N) is 4. The summed E-state index contributed by atoms with van der Waals surface area (Å²) >= 11 is 0. The van der Waals surface area contributed by atoms with Crippen molar-refractivity contribution in [1.29, 1.82) is 0 Å². The molecule has 4 nitrogen and oxygen atoms in total. The molecule has 0 aliphatic heterocycles. The van der Waals surface area contributed by atoms with Crippen LogP contribution in [0.5, 0.6) is 0 Å². The van der Waals surface area contributed by atoms with E-state index in [4.69, 9.17) is 0 Å². The Bertz CT molecular complexity index is 172. The zero-order valence-electron chi connectivity index (χ0n) is 9.44. The summed E-state index contributed by atoms with van der Waals surface area (Å²) in [5, 5.41) is 11.9. The summed E-state index contributed by atoms with van der Waals surface area (Å²) in [6.45, 7) is 4.12. The molecule has 0 radical (unpaired) electrons. The SMILES string of the molecule is CN(C)N=CC(C)(C)C=NN(C)C. The van der Waals surface area contributed by atoms with E-state index in [0.29, 0.717) is 0 Å². The normalized spacial score (nSPS) is 12.8. The highest BCUT2D eigenvalue weighted by molar-refractivity contribution is 5.87. The Labute approximate surface area is 80.9 Å². The van der Waals surface area contributed by atoms with Crippen LogP contribution in [0, 0.1) is 5.41 Å². The van der Waals surface area contributed by atoms with Gasteiger partial charge in [-0.15, -0.1) is 0 Å². The lowest BCUT2D eigenvalue weighted by Gasteiger charge is -2.15. The summed E-state index contributed by atoms with van der Waals surface area (Å²) in [6, 6.07) is 0. The highest BCUT2D eigenvalue weighted by Gasteiger charge is 2.11. The standard InChI is InChI=1S/C9H20N4/c1-9(2,7-10-12(3)4)8-11-13(5)6/h7-8H,1-6H3. The van der Waals surface area contributed by atoms with E-state index < -0.39 is 0 Å². The predicted octanol–water partition coefficient (Wildman–Crippen LogP) is 1.11. The first-order chi connectivity index (χ1) is 5.83. The highest BCUT2D eigenvalue weighted by atomic mass is 15.4. The molecule has 0 aromatic carbocycles. The largest absolute Gasteiger partial charge is 0.303 e. The minimum absolute atomic E-state index is 0.103. The molecule has 0 aromatic rings. The van der Waals surface area contributed by atoms with Gasteiger partial charge in [0.2, 0.25) is 0 Å². The average Bonchev–Trinajstić information content (AvgIpc) is 1.98. The minimum atomic E-state index is -0.103. The van der Waals surface area contributed by atoms with Gasteiger partial charge in [-0.1, -0.05) is 0 Å². The van der Waals surface area contributed by atoms with Gasteiger partial charge in [0.15, 0.2) is 0 Å². The van der Waals surface area contributed by atoms with Crippen molar-refractivity contribution in [3.05, 3.63) is 0 Å². The summed E-state index contributed by atoms with van der Waals surface area (Å²) in [7, 11) is 7.59. The van der Waals surface area contributed by atoms with E-state index in [1.165, 1.54) is 0 Å². The van der Waals surface area contributed by atoms with Crippen molar-refractivity contribution < 1.29 is 0 Å². The lowest BCUT2D eigenvalue weighted by molar-refractivity contribution is 0.428. The van der Waals surface area contributed by atoms with Gasteiger partial charge in [0.25, 0.3) is 0 Å². The predicted molar refractivity (Wildman–Crippen MR) is 58.1 cm³/mol. The van der Waals surface area contributed by atoms with E-state index in [9.17, 15) is 0 Å². The molecule has 0 rings (SSSR count). The third kappa shape index (κ3) is 7.31. The fraction of sp³-hybridized carbons (Fsp3) is 0.778. The van der Waals surface area contributed by atoms with Crippen molar-refractivity contribution in [1.82, 2.24) is 10.0 Å². The lowest BCUT2D eigenvalue weighted by atomic mass is 9.98. The molecule has 0 bridgehead atoms. The van der Waals surface area contributed by atoms with Crippen LogP contribution in [0.2, 0.25) is 0 Å². The average molecular weight is 184 g/mol. The molecule has 0 heterocycles. The number of hydrogen-bond acceptors (Lipinski definition) is 4. The Balaban J connectivity index is 4.23. The van der Waals surface area contributed by atoms with Gasteiger partial charge in [0, 0.05) is 46.0 Å². The molecule has 4 heteroatoms. The van der Waals surface area contributed by atoms with Gasteiger partial charge in [-0.2, -0.15) is 10.2 Å². The van der Waals surface area contributed by atoms with E-state index in [-0.39, 0.29) is 5.41 Å². The fourth-order valence-electron chi connectivity index (χ4n) is 0.562. The molecular weight excluding hydrogens is 164 g/mol. The maximum absolute atomic E-state index is 4.17. The van der Waals surface area contributed by atoms with Crippen LogP contribution in [0.3, 0.4) is 0 Å². The highest BCUT2D eigenvalue weighted by Crippen LogP contribution is 2.07. The second-order valence-corrected chi connectivity index (χ2v) is 4.00. The van der Waals surface area contributed by atoms with Crippen LogP contribution in [0.25, 0.3) is 0 Å². The van der Waals surface area contributed by atoms with Crippen molar-refractivity contribution in [3.8, 4) is 0 Å². The first-order valence-corrected chi connectivity index (χ1v) is 4.28. The molecule has 0 saturated heterocycles. The van der Waals surface area contributed by atoms with Crippen LogP contribution in [0.1, 0.15) is 13.8 Å². The van der Waals surface area contributed by atoms with E-state index in [2.05, 4.69) is 24.1 Å². The second-order valence-electron chi connectivity index (χ2n) is 4.00. The molecule has 0 aliphatic rings. The van der Waals surface area contributed by atoms with Gasteiger partial charge in [0.05, 0.1) is 0 Å². The third-order valence-corrected chi connectivity index (χ3v) is 1.24. The van der Waals surface area contributed by atoms with Crippen LogP contribution in [-0.4, -0.2) is 50.6 Å². The van der Waals surface area contributed by atoms with E-state index in [0.717, 1.165) is 0 Å². The summed E-state index contributed by atoms with van der Waals surface area (Å²) in [6.07, 6.45) is 3.75.